The zero-order valence-electron chi connectivity index (χ0n) is 23.6. The second kappa shape index (κ2) is 13.6. The van der Waals surface area contributed by atoms with Gasteiger partial charge in [0.15, 0.2) is 0 Å². The Kier molecular flexibility index (Phi) is 9.51. The van der Waals surface area contributed by atoms with Gasteiger partial charge >= 0.3 is 0 Å². The number of aromatic nitrogens is 1. The van der Waals surface area contributed by atoms with Gasteiger partial charge in [-0.05, 0) is 54.7 Å². The summed E-state index contributed by atoms with van der Waals surface area (Å²) in [5.41, 5.74) is 7.25. The standard InChI is InChI=1S/C37H37N3.ClH/c1-29(35-27-37(32-17-9-4-10-18-32)38-36-20-12-11-19-34(35)36)39-25-22-33(23-26-39)40(28-31-15-7-3-8-16-31)24-21-30-13-5-2-6-14-30;/h2-21,24,27,29,33H,22-23,25-26,28H2,1H3;1H. The molecule has 41 heavy (non-hydrogen) atoms. The molecule has 1 unspecified atom stereocenters. The van der Waals surface area contributed by atoms with E-state index in [-0.39, 0.29) is 12.4 Å². The molecule has 1 aliphatic rings. The van der Waals surface area contributed by atoms with Gasteiger partial charge in [-0.15, -0.1) is 12.4 Å². The fraction of sp³-hybridized carbons (Fsp3) is 0.216. The first-order chi connectivity index (χ1) is 19.7. The molecule has 1 fully saturated rings. The van der Waals surface area contributed by atoms with E-state index in [2.05, 4.69) is 150 Å². The molecule has 1 aliphatic heterocycles. The molecule has 4 aromatic carbocycles. The van der Waals surface area contributed by atoms with Gasteiger partial charge in [-0.2, -0.15) is 0 Å². The summed E-state index contributed by atoms with van der Waals surface area (Å²) < 4.78 is 0. The monoisotopic (exact) mass is 559 g/mol. The number of piperidine rings is 1. The van der Waals surface area contributed by atoms with E-state index >= 15 is 0 Å². The first-order valence-electron chi connectivity index (χ1n) is 14.5. The fourth-order valence-electron chi connectivity index (χ4n) is 5.95. The lowest BCUT2D eigenvalue weighted by atomic mass is 9.95. The van der Waals surface area contributed by atoms with Crippen LogP contribution < -0.4 is 0 Å². The minimum Gasteiger partial charge on any atom is -0.370 e. The highest BCUT2D eigenvalue weighted by molar-refractivity contribution is 5.86. The van der Waals surface area contributed by atoms with Crippen molar-refractivity contribution in [2.45, 2.75) is 38.4 Å². The van der Waals surface area contributed by atoms with E-state index in [1.54, 1.807) is 0 Å². The van der Waals surface area contributed by atoms with Crippen LogP contribution in [0.3, 0.4) is 0 Å². The summed E-state index contributed by atoms with van der Waals surface area (Å²) >= 11 is 0. The molecule has 4 heteroatoms. The van der Waals surface area contributed by atoms with E-state index in [1.807, 2.05) is 0 Å². The number of hydrogen-bond donors (Lipinski definition) is 0. The Morgan fingerprint density at radius 1 is 0.805 bits per heavy atom. The summed E-state index contributed by atoms with van der Waals surface area (Å²) in [5, 5.41) is 1.26. The average Bonchev–Trinajstić information content (AvgIpc) is 3.03. The summed E-state index contributed by atoms with van der Waals surface area (Å²) in [6.45, 7) is 5.45. The lowest BCUT2D eigenvalue weighted by Crippen LogP contribution is -2.43. The summed E-state index contributed by atoms with van der Waals surface area (Å²) in [5.74, 6) is 0. The quantitative estimate of drug-likeness (QED) is 0.189. The number of halogens is 1. The number of para-hydroxylation sites is 1. The molecule has 208 valence electrons. The van der Waals surface area contributed by atoms with E-state index in [0.717, 1.165) is 43.7 Å². The van der Waals surface area contributed by atoms with Crippen LogP contribution in [0.5, 0.6) is 0 Å². The lowest BCUT2D eigenvalue weighted by molar-refractivity contribution is 0.110. The molecule has 1 saturated heterocycles. The maximum Gasteiger partial charge on any atom is 0.0713 e. The van der Waals surface area contributed by atoms with Crippen LogP contribution in [0, 0.1) is 0 Å². The maximum atomic E-state index is 5.02. The average molecular weight is 560 g/mol. The van der Waals surface area contributed by atoms with E-state index in [1.165, 1.54) is 27.6 Å². The minimum atomic E-state index is 0. The molecule has 5 aromatic rings. The van der Waals surface area contributed by atoms with E-state index in [4.69, 9.17) is 4.98 Å². The van der Waals surface area contributed by atoms with Gasteiger partial charge in [-0.25, -0.2) is 4.98 Å². The van der Waals surface area contributed by atoms with Crippen molar-refractivity contribution in [2.24, 2.45) is 0 Å². The van der Waals surface area contributed by atoms with Crippen molar-refractivity contribution in [1.82, 2.24) is 14.8 Å². The highest BCUT2D eigenvalue weighted by Crippen LogP contribution is 2.33. The summed E-state index contributed by atoms with van der Waals surface area (Å²) in [6.07, 6.45) is 6.86. The van der Waals surface area contributed by atoms with Crippen molar-refractivity contribution < 1.29 is 0 Å². The number of hydrogen-bond acceptors (Lipinski definition) is 3. The number of rotatable bonds is 8. The van der Waals surface area contributed by atoms with Crippen molar-refractivity contribution >= 4 is 29.4 Å². The fourth-order valence-corrected chi connectivity index (χ4v) is 5.95. The smallest absolute Gasteiger partial charge is 0.0713 e. The van der Waals surface area contributed by atoms with Crippen LogP contribution >= 0.6 is 12.4 Å². The Bertz CT molecular complexity index is 1550. The molecule has 0 bridgehead atoms. The van der Waals surface area contributed by atoms with Crippen LogP contribution in [-0.2, 0) is 6.54 Å². The number of pyridine rings is 1. The third-order valence-electron chi connectivity index (χ3n) is 8.25. The zero-order valence-corrected chi connectivity index (χ0v) is 24.5. The SMILES string of the molecule is CC(c1cc(-c2ccccc2)nc2ccccc12)N1CCC(N(C=Cc2ccccc2)Cc2ccccc2)CC1.Cl. The van der Waals surface area contributed by atoms with Crippen LogP contribution in [0.15, 0.2) is 128 Å². The molecule has 1 aromatic heterocycles. The van der Waals surface area contributed by atoms with E-state index in [0.29, 0.717) is 12.1 Å². The Labute approximate surface area is 250 Å². The second-order valence-corrected chi connectivity index (χ2v) is 10.8. The van der Waals surface area contributed by atoms with Crippen LogP contribution in [0.1, 0.15) is 42.5 Å². The van der Waals surface area contributed by atoms with Gasteiger partial charge in [0.1, 0.15) is 0 Å². The van der Waals surface area contributed by atoms with Gasteiger partial charge in [0.05, 0.1) is 11.2 Å². The van der Waals surface area contributed by atoms with Crippen molar-refractivity contribution in [2.75, 3.05) is 13.1 Å². The van der Waals surface area contributed by atoms with E-state index in [9.17, 15) is 0 Å². The first-order valence-corrected chi connectivity index (χ1v) is 14.5. The molecule has 0 N–H and O–H groups in total. The Balaban J connectivity index is 0.00000337. The normalized spacial score (nSPS) is 15.0. The molecule has 3 nitrogen and oxygen atoms in total. The second-order valence-electron chi connectivity index (χ2n) is 10.8. The molecule has 0 aliphatic carbocycles. The van der Waals surface area contributed by atoms with Gasteiger partial charge in [0.2, 0.25) is 0 Å². The summed E-state index contributed by atoms with van der Waals surface area (Å²) in [7, 11) is 0. The predicted octanol–water partition coefficient (Wildman–Crippen LogP) is 9.02. The van der Waals surface area contributed by atoms with Crippen molar-refractivity contribution in [3.05, 3.63) is 144 Å². The maximum absolute atomic E-state index is 5.02. The van der Waals surface area contributed by atoms with Crippen LogP contribution in [0.25, 0.3) is 28.2 Å². The van der Waals surface area contributed by atoms with Gasteiger partial charge in [-0.1, -0.05) is 109 Å². The van der Waals surface area contributed by atoms with E-state index < -0.39 is 0 Å². The molecular weight excluding hydrogens is 522 g/mol. The zero-order chi connectivity index (χ0) is 27.1. The van der Waals surface area contributed by atoms with Gasteiger partial charge < -0.3 is 4.90 Å². The number of nitrogens with zero attached hydrogens (tertiary/aromatic N) is 3. The molecule has 0 saturated carbocycles. The molecule has 6 rings (SSSR count). The van der Waals surface area contributed by atoms with Gasteiger partial charge in [-0.3, -0.25) is 4.90 Å². The number of benzene rings is 4. The largest absolute Gasteiger partial charge is 0.370 e. The topological polar surface area (TPSA) is 19.4 Å². The molecule has 0 radical (unpaired) electrons. The summed E-state index contributed by atoms with van der Waals surface area (Å²) in [4.78, 5) is 10.2. The van der Waals surface area contributed by atoms with Crippen LogP contribution in [0.4, 0.5) is 0 Å². The van der Waals surface area contributed by atoms with Crippen LogP contribution in [0.2, 0.25) is 0 Å². The molecule has 0 amide bonds. The Hall–Kier alpha value is -3.92. The molecular formula is C37H38ClN3. The third-order valence-corrected chi connectivity index (χ3v) is 8.25. The summed E-state index contributed by atoms with van der Waals surface area (Å²) in [6, 6.07) is 43.8. The van der Waals surface area contributed by atoms with Crippen LogP contribution in [-0.4, -0.2) is 33.9 Å². The minimum absolute atomic E-state index is 0. The van der Waals surface area contributed by atoms with Crippen molar-refractivity contribution in [3.63, 3.8) is 0 Å². The highest BCUT2D eigenvalue weighted by atomic mass is 35.5. The van der Waals surface area contributed by atoms with Gasteiger partial charge in [0, 0.05) is 48.9 Å². The number of likely N-dealkylation sites (tertiary alicyclic amines) is 1. The molecule has 2 heterocycles. The van der Waals surface area contributed by atoms with Crippen molar-refractivity contribution in [3.8, 4) is 11.3 Å². The Morgan fingerprint density at radius 3 is 2.12 bits per heavy atom. The lowest BCUT2D eigenvalue weighted by Gasteiger charge is -2.41. The highest BCUT2D eigenvalue weighted by Gasteiger charge is 2.27. The number of fused-ring (bicyclic) bond motifs is 1. The van der Waals surface area contributed by atoms with Gasteiger partial charge in [0.25, 0.3) is 0 Å². The Morgan fingerprint density at radius 2 is 1.41 bits per heavy atom. The van der Waals surface area contributed by atoms with Crippen molar-refractivity contribution in [1.29, 1.82) is 0 Å². The molecule has 1 atom stereocenters. The predicted molar refractivity (Wildman–Crippen MR) is 175 cm³/mol. The third kappa shape index (κ3) is 6.87. The molecule has 0 spiro atoms. The first kappa shape index (κ1) is 28.6.